The number of ether oxygens (including phenoxy) is 2. The lowest BCUT2D eigenvalue weighted by molar-refractivity contribution is -0.115. The van der Waals surface area contributed by atoms with Crippen LogP contribution in [0.3, 0.4) is 0 Å². The third-order valence-electron chi connectivity index (χ3n) is 3.70. The number of carbonyl (C=O) groups is 2. The molecule has 0 saturated heterocycles. The summed E-state index contributed by atoms with van der Waals surface area (Å²) >= 11 is 0. The summed E-state index contributed by atoms with van der Waals surface area (Å²) < 4.78 is 11.0. The van der Waals surface area contributed by atoms with Crippen molar-refractivity contribution in [2.45, 2.75) is 13.8 Å². The average Bonchev–Trinajstić information content (AvgIpc) is 2.68. The molecular weight excluding hydrogens is 360 g/mol. The van der Waals surface area contributed by atoms with E-state index in [9.17, 15) is 9.59 Å². The molecule has 0 spiro atoms. The van der Waals surface area contributed by atoms with Gasteiger partial charge in [0.2, 0.25) is 5.91 Å². The molecule has 0 aliphatic carbocycles. The lowest BCUT2D eigenvalue weighted by Gasteiger charge is -2.13. The van der Waals surface area contributed by atoms with E-state index in [4.69, 9.17) is 9.47 Å². The zero-order chi connectivity index (χ0) is 20.5. The second-order valence-corrected chi connectivity index (χ2v) is 6.06. The number of rotatable bonds is 9. The molecule has 0 radical (unpaired) electrons. The zero-order valence-corrected chi connectivity index (χ0v) is 16.6. The molecule has 0 saturated carbocycles. The first-order valence-electron chi connectivity index (χ1n) is 9.05. The summed E-state index contributed by atoms with van der Waals surface area (Å²) in [5, 5.41) is 5.29. The summed E-state index contributed by atoms with van der Waals surface area (Å²) in [5.74, 6) is 1.14. The van der Waals surface area contributed by atoms with Crippen molar-refractivity contribution in [3.63, 3.8) is 0 Å². The highest BCUT2D eigenvalue weighted by molar-refractivity contribution is 5.99. The first kappa shape index (κ1) is 21.0. The summed E-state index contributed by atoms with van der Waals surface area (Å²) in [6.07, 6.45) is 1.57. The summed E-state index contributed by atoms with van der Waals surface area (Å²) in [6, 6.07) is 8.46. The number of hydrogen-bond acceptors (Lipinski definition) is 6. The molecule has 2 N–H and O–H groups in total. The van der Waals surface area contributed by atoms with Crippen LogP contribution >= 0.6 is 0 Å². The molecule has 2 aromatic rings. The first-order valence-corrected chi connectivity index (χ1v) is 9.05. The van der Waals surface area contributed by atoms with Gasteiger partial charge in [-0.2, -0.15) is 0 Å². The van der Waals surface area contributed by atoms with Gasteiger partial charge < -0.3 is 25.0 Å². The lowest BCUT2D eigenvalue weighted by Crippen LogP contribution is -2.32. The van der Waals surface area contributed by atoms with Gasteiger partial charge in [0.1, 0.15) is 5.82 Å². The van der Waals surface area contributed by atoms with Crippen molar-refractivity contribution in [3.05, 3.63) is 42.1 Å². The molecule has 1 aromatic carbocycles. The van der Waals surface area contributed by atoms with Crippen LogP contribution < -0.4 is 25.0 Å². The number of hydrogen-bond donors (Lipinski definition) is 2. The van der Waals surface area contributed by atoms with E-state index in [1.54, 1.807) is 36.5 Å². The van der Waals surface area contributed by atoms with E-state index in [2.05, 4.69) is 15.6 Å². The van der Waals surface area contributed by atoms with Crippen molar-refractivity contribution >= 4 is 23.3 Å². The monoisotopic (exact) mass is 386 g/mol. The molecule has 0 atom stereocenters. The predicted molar refractivity (Wildman–Crippen MR) is 108 cm³/mol. The number of pyridine rings is 1. The van der Waals surface area contributed by atoms with Gasteiger partial charge in [-0.25, -0.2) is 4.98 Å². The topological polar surface area (TPSA) is 92.8 Å². The molecule has 0 bridgehead atoms. The zero-order valence-electron chi connectivity index (χ0n) is 16.6. The third kappa shape index (κ3) is 5.87. The Labute approximate surface area is 164 Å². The second-order valence-electron chi connectivity index (χ2n) is 6.06. The van der Waals surface area contributed by atoms with E-state index in [1.165, 1.54) is 0 Å². The number of nitrogens with zero attached hydrogens (tertiary/aromatic N) is 2. The van der Waals surface area contributed by atoms with Gasteiger partial charge in [-0.15, -0.1) is 0 Å². The van der Waals surface area contributed by atoms with Gasteiger partial charge >= 0.3 is 0 Å². The van der Waals surface area contributed by atoms with E-state index in [0.717, 1.165) is 5.82 Å². The highest BCUT2D eigenvalue weighted by Gasteiger charge is 2.13. The van der Waals surface area contributed by atoms with E-state index in [1.807, 2.05) is 32.8 Å². The maximum Gasteiger partial charge on any atom is 0.251 e. The van der Waals surface area contributed by atoms with Crippen LogP contribution in [-0.2, 0) is 4.79 Å². The first-order chi connectivity index (χ1) is 13.4. The van der Waals surface area contributed by atoms with Gasteiger partial charge in [0, 0.05) is 19.7 Å². The maximum absolute atomic E-state index is 12.3. The Morgan fingerprint density at radius 2 is 1.75 bits per heavy atom. The van der Waals surface area contributed by atoms with E-state index in [0.29, 0.717) is 36.0 Å². The minimum Gasteiger partial charge on any atom is -0.490 e. The Balaban J connectivity index is 1.93. The van der Waals surface area contributed by atoms with E-state index in [-0.39, 0.29) is 18.4 Å². The largest absolute Gasteiger partial charge is 0.490 e. The summed E-state index contributed by atoms with van der Waals surface area (Å²) in [6.45, 7) is 4.51. The van der Waals surface area contributed by atoms with Gasteiger partial charge in [-0.3, -0.25) is 9.59 Å². The van der Waals surface area contributed by atoms with Gasteiger partial charge in [-0.1, -0.05) is 0 Å². The lowest BCUT2D eigenvalue weighted by atomic mass is 10.2. The van der Waals surface area contributed by atoms with Crippen LogP contribution in [0.1, 0.15) is 24.2 Å². The fraction of sp³-hybridized carbons (Fsp3) is 0.350. The van der Waals surface area contributed by atoms with Crippen molar-refractivity contribution < 1.29 is 19.1 Å². The van der Waals surface area contributed by atoms with Crippen molar-refractivity contribution in [2.75, 3.05) is 44.1 Å². The molecule has 8 heteroatoms. The van der Waals surface area contributed by atoms with Crippen molar-refractivity contribution in [1.29, 1.82) is 0 Å². The molecule has 0 fully saturated rings. The quantitative estimate of drug-likeness (QED) is 0.687. The Bertz CT molecular complexity index is 806. The molecule has 2 amide bonds. The fourth-order valence-corrected chi connectivity index (χ4v) is 2.38. The number of amides is 2. The van der Waals surface area contributed by atoms with Crippen LogP contribution in [0.25, 0.3) is 0 Å². The summed E-state index contributed by atoms with van der Waals surface area (Å²) in [4.78, 5) is 30.5. The van der Waals surface area contributed by atoms with Crippen LogP contribution in [0.5, 0.6) is 11.5 Å². The van der Waals surface area contributed by atoms with Crippen molar-refractivity contribution in [1.82, 2.24) is 10.3 Å². The molecule has 0 aliphatic heterocycles. The molecule has 8 nitrogen and oxygen atoms in total. The summed E-state index contributed by atoms with van der Waals surface area (Å²) in [7, 11) is 3.77. The van der Waals surface area contributed by atoms with Crippen LogP contribution in [0.15, 0.2) is 36.5 Å². The highest BCUT2D eigenvalue weighted by Crippen LogP contribution is 2.28. The van der Waals surface area contributed by atoms with Gasteiger partial charge in [-0.05, 0) is 44.2 Å². The summed E-state index contributed by atoms with van der Waals surface area (Å²) in [5.41, 5.74) is 0.946. The van der Waals surface area contributed by atoms with Crippen LogP contribution in [0, 0.1) is 0 Å². The Morgan fingerprint density at radius 1 is 1.04 bits per heavy atom. The second kappa shape index (κ2) is 10.1. The molecular formula is C20H26N4O4. The maximum atomic E-state index is 12.3. The van der Waals surface area contributed by atoms with Gasteiger partial charge in [0.25, 0.3) is 5.91 Å². The number of aromatic nitrogens is 1. The molecule has 28 heavy (non-hydrogen) atoms. The number of anilines is 2. The molecule has 0 aliphatic rings. The Hall–Kier alpha value is -3.29. The van der Waals surface area contributed by atoms with Crippen LogP contribution in [0.2, 0.25) is 0 Å². The van der Waals surface area contributed by atoms with Crippen molar-refractivity contribution in [3.8, 4) is 11.5 Å². The molecule has 2 rings (SSSR count). The van der Waals surface area contributed by atoms with E-state index < -0.39 is 0 Å². The Morgan fingerprint density at radius 3 is 2.36 bits per heavy atom. The SMILES string of the molecule is CCOc1ccc(C(=O)NCC(=O)Nc2ccc(N(C)C)nc2)cc1OCC. The van der Waals surface area contributed by atoms with E-state index >= 15 is 0 Å². The number of nitrogens with one attached hydrogen (secondary N) is 2. The van der Waals surface area contributed by atoms with Gasteiger partial charge in [0.05, 0.1) is 31.6 Å². The molecule has 150 valence electrons. The highest BCUT2D eigenvalue weighted by atomic mass is 16.5. The molecule has 1 heterocycles. The van der Waals surface area contributed by atoms with Crippen LogP contribution in [-0.4, -0.2) is 50.7 Å². The predicted octanol–water partition coefficient (Wildman–Crippen LogP) is 2.31. The smallest absolute Gasteiger partial charge is 0.251 e. The standard InChI is InChI=1S/C20H26N4O4/c1-5-27-16-9-7-14(11-17(16)28-6-2)20(26)22-13-19(25)23-15-8-10-18(21-12-15)24(3)4/h7-12H,5-6,13H2,1-4H3,(H,22,26)(H,23,25). The average molecular weight is 386 g/mol. The van der Waals surface area contributed by atoms with Gasteiger partial charge in [0.15, 0.2) is 11.5 Å². The fourth-order valence-electron chi connectivity index (χ4n) is 2.38. The Kier molecular flexibility index (Phi) is 7.62. The number of carbonyl (C=O) groups excluding carboxylic acids is 2. The van der Waals surface area contributed by atoms with Crippen molar-refractivity contribution in [2.24, 2.45) is 0 Å². The normalized spacial score (nSPS) is 10.1. The number of benzene rings is 1. The molecule has 1 aromatic heterocycles. The minimum absolute atomic E-state index is 0.161. The minimum atomic E-state index is -0.375. The third-order valence-corrected chi connectivity index (χ3v) is 3.70. The molecule has 0 unspecified atom stereocenters. The van der Waals surface area contributed by atoms with Crippen LogP contribution in [0.4, 0.5) is 11.5 Å².